The number of anilines is 1. The molecular weight excluding hydrogens is 442 g/mol. The number of benzene rings is 1. The van der Waals surface area contributed by atoms with Crippen molar-refractivity contribution in [3.8, 4) is 5.75 Å². The Morgan fingerprint density at radius 1 is 0.969 bits per heavy atom. The zero-order valence-corrected chi connectivity index (χ0v) is 16.9. The molecule has 0 aliphatic rings. The number of alkyl halides is 6. The lowest BCUT2D eigenvalue weighted by Crippen LogP contribution is -2.13. The fourth-order valence-electron chi connectivity index (χ4n) is 2.91. The van der Waals surface area contributed by atoms with Crippen LogP contribution in [-0.4, -0.2) is 35.3 Å². The van der Waals surface area contributed by atoms with Crippen molar-refractivity contribution >= 4 is 16.7 Å². The lowest BCUT2D eigenvalue weighted by Gasteiger charge is -2.17. The van der Waals surface area contributed by atoms with E-state index in [4.69, 9.17) is 9.47 Å². The van der Waals surface area contributed by atoms with Gasteiger partial charge in [0.2, 0.25) is 0 Å². The second-order valence-electron chi connectivity index (χ2n) is 6.72. The minimum absolute atomic E-state index is 0.0112. The zero-order valence-electron chi connectivity index (χ0n) is 16.9. The molecule has 0 aliphatic heterocycles. The van der Waals surface area contributed by atoms with Crippen molar-refractivity contribution < 1.29 is 35.8 Å². The molecule has 12 heteroatoms. The van der Waals surface area contributed by atoms with Crippen molar-refractivity contribution in [1.82, 2.24) is 15.0 Å². The van der Waals surface area contributed by atoms with Crippen LogP contribution in [0, 0.1) is 6.92 Å². The summed E-state index contributed by atoms with van der Waals surface area (Å²) in [6.45, 7) is 1.39. The molecule has 0 amide bonds. The number of hydrogen-bond acceptors (Lipinski definition) is 6. The standard InChI is InChI=1S/C20H18F6N4O2/c1-11-29-15-9-14(19(21,22)23)16(32-6-5-31-2)8-13(15)18(30-11)28-10-12-3-4-27-17(7-12)20(24,25)26/h3-4,7-9H,5-6,10H2,1-2H3,(H,28,29,30). The molecule has 0 spiro atoms. The van der Waals surface area contributed by atoms with Crippen LogP contribution < -0.4 is 10.1 Å². The quantitative estimate of drug-likeness (QED) is 0.395. The van der Waals surface area contributed by atoms with E-state index in [-0.39, 0.29) is 47.9 Å². The molecule has 0 bridgehead atoms. The second-order valence-corrected chi connectivity index (χ2v) is 6.72. The van der Waals surface area contributed by atoms with Gasteiger partial charge in [0.15, 0.2) is 0 Å². The first-order chi connectivity index (χ1) is 15.0. The highest BCUT2D eigenvalue weighted by Gasteiger charge is 2.35. The third kappa shape index (κ3) is 5.55. The van der Waals surface area contributed by atoms with E-state index in [0.29, 0.717) is 0 Å². The van der Waals surface area contributed by atoms with Gasteiger partial charge in [-0.25, -0.2) is 9.97 Å². The molecule has 0 saturated carbocycles. The third-order valence-electron chi connectivity index (χ3n) is 4.33. The molecule has 0 aliphatic carbocycles. The Morgan fingerprint density at radius 2 is 1.72 bits per heavy atom. The van der Waals surface area contributed by atoms with Gasteiger partial charge < -0.3 is 14.8 Å². The van der Waals surface area contributed by atoms with E-state index in [0.717, 1.165) is 24.4 Å². The van der Waals surface area contributed by atoms with Crippen molar-refractivity contribution in [3.63, 3.8) is 0 Å². The second kappa shape index (κ2) is 9.15. The third-order valence-corrected chi connectivity index (χ3v) is 4.33. The number of pyridine rings is 1. The van der Waals surface area contributed by atoms with Crippen molar-refractivity contribution in [2.24, 2.45) is 0 Å². The number of fused-ring (bicyclic) bond motifs is 1. The first-order valence-corrected chi connectivity index (χ1v) is 9.26. The Kier molecular flexibility index (Phi) is 6.72. The summed E-state index contributed by atoms with van der Waals surface area (Å²) in [5.41, 5.74) is -1.78. The van der Waals surface area contributed by atoms with E-state index in [1.54, 1.807) is 0 Å². The smallest absolute Gasteiger partial charge is 0.433 e. The van der Waals surface area contributed by atoms with E-state index in [1.807, 2.05) is 0 Å². The molecule has 32 heavy (non-hydrogen) atoms. The summed E-state index contributed by atoms with van der Waals surface area (Å²) in [7, 11) is 1.39. The van der Waals surface area contributed by atoms with Crippen LogP contribution in [0.4, 0.5) is 32.2 Å². The molecule has 0 unspecified atom stereocenters. The van der Waals surface area contributed by atoms with Crippen molar-refractivity contribution in [2.45, 2.75) is 25.8 Å². The number of nitrogens with zero attached hydrogens (tertiary/aromatic N) is 3. The summed E-state index contributed by atoms with van der Waals surface area (Å²) in [6, 6.07) is 4.28. The van der Waals surface area contributed by atoms with Gasteiger partial charge >= 0.3 is 12.4 Å². The molecular formula is C20H18F6N4O2. The summed E-state index contributed by atoms with van der Waals surface area (Å²) in [4.78, 5) is 11.6. The van der Waals surface area contributed by atoms with E-state index in [9.17, 15) is 26.3 Å². The van der Waals surface area contributed by atoms with Crippen LogP contribution in [0.5, 0.6) is 5.75 Å². The van der Waals surface area contributed by atoms with E-state index in [2.05, 4.69) is 20.3 Å². The number of aryl methyl sites for hydroxylation is 1. The minimum atomic E-state index is -4.69. The van der Waals surface area contributed by atoms with Crippen LogP contribution in [0.1, 0.15) is 22.6 Å². The van der Waals surface area contributed by atoms with E-state index < -0.39 is 29.4 Å². The predicted octanol–water partition coefficient (Wildman–Crippen LogP) is 5.01. The summed E-state index contributed by atoms with van der Waals surface area (Å²) in [5, 5.41) is 3.09. The van der Waals surface area contributed by atoms with Crippen LogP contribution in [-0.2, 0) is 23.6 Å². The predicted molar refractivity (Wildman–Crippen MR) is 103 cm³/mol. The molecule has 6 nitrogen and oxygen atoms in total. The normalized spacial score (nSPS) is 12.2. The number of rotatable bonds is 7. The molecule has 0 fully saturated rings. The Morgan fingerprint density at radius 3 is 2.38 bits per heavy atom. The largest absolute Gasteiger partial charge is 0.491 e. The molecule has 3 rings (SSSR count). The molecule has 1 aromatic carbocycles. The van der Waals surface area contributed by atoms with Gasteiger partial charge in [0, 0.05) is 25.2 Å². The zero-order chi connectivity index (χ0) is 23.5. The monoisotopic (exact) mass is 460 g/mol. The lowest BCUT2D eigenvalue weighted by molar-refractivity contribution is -0.141. The van der Waals surface area contributed by atoms with Gasteiger partial charge in [0.25, 0.3) is 0 Å². The highest BCUT2D eigenvalue weighted by atomic mass is 19.4. The number of ether oxygens (including phenoxy) is 2. The minimum Gasteiger partial charge on any atom is -0.491 e. The van der Waals surface area contributed by atoms with Gasteiger partial charge in [0.1, 0.15) is 29.7 Å². The maximum absolute atomic E-state index is 13.5. The Bertz CT molecular complexity index is 1100. The maximum Gasteiger partial charge on any atom is 0.433 e. The number of nitrogens with one attached hydrogen (secondary N) is 1. The first kappa shape index (κ1) is 23.5. The molecule has 0 atom stereocenters. The van der Waals surface area contributed by atoms with Crippen LogP contribution in [0.3, 0.4) is 0 Å². The Labute approximate surface area is 178 Å². The van der Waals surface area contributed by atoms with E-state index >= 15 is 0 Å². The highest BCUT2D eigenvalue weighted by Crippen LogP contribution is 2.39. The van der Waals surface area contributed by atoms with Gasteiger partial charge in [0.05, 0.1) is 17.7 Å². The van der Waals surface area contributed by atoms with Crippen molar-refractivity contribution in [1.29, 1.82) is 0 Å². The molecule has 2 aromatic heterocycles. The van der Waals surface area contributed by atoms with Crippen molar-refractivity contribution in [3.05, 3.63) is 53.1 Å². The fourth-order valence-corrected chi connectivity index (χ4v) is 2.91. The van der Waals surface area contributed by atoms with Gasteiger partial charge in [-0.15, -0.1) is 0 Å². The highest BCUT2D eigenvalue weighted by molar-refractivity contribution is 5.91. The van der Waals surface area contributed by atoms with Crippen LogP contribution in [0.2, 0.25) is 0 Å². The number of halogens is 6. The van der Waals surface area contributed by atoms with Crippen LogP contribution in [0.25, 0.3) is 10.9 Å². The topological polar surface area (TPSA) is 69.2 Å². The SMILES string of the molecule is COCCOc1cc2c(NCc3ccnc(C(F)(F)F)c3)nc(C)nc2cc1C(F)(F)F. The molecule has 3 aromatic rings. The number of methoxy groups -OCH3 is 1. The van der Waals surface area contributed by atoms with E-state index in [1.165, 1.54) is 20.1 Å². The molecule has 1 N–H and O–H groups in total. The van der Waals surface area contributed by atoms with Crippen LogP contribution >= 0.6 is 0 Å². The lowest BCUT2D eigenvalue weighted by atomic mass is 10.1. The van der Waals surface area contributed by atoms with Gasteiger partial charge in [-0.3, -0.25) is 4.98 Å². The molecule has 2 heterocycles. The maximum atomic E-state index is 13.5. The molecule has 172 valence electrons. The average molecular weight is 460 g/mol. The Hall–Kier alpha value is -3.15. The number of hydrogen-bond donors (Lipinski definition) is 1. The van der Waals surface area contributed by atoms with Gasteiger partial charge in [-0.1, -0.05) is 0 Å². The van der Waals surface area contributed by atoms with Crippen LogP contribution in [0.15, 0.2) is 30.5 Å². The average Bonchev–Trinajstić information content (AvgIpc) is 2.71. The van der Waals surface area contributed by atoms with Gasteiger partial charge in [-0.2, -0.15) is 26.3 Å². The fraction of sp³-hybridized carbons (Fsp3) is 0.350. The summed E-state index contributed by atoms with van der Waals surface area (Å²) < 4.78 is 89.3. The molecule has 0 saturated heterocycles. The summed E-state index contributed by atoms with van der Waals surface area (Å²) in [6.07, 6.45) is -8.26. The van der Waals surface area contributed by atoms with Gasteiger partial charge in [-0.05, 0) is 36.8 Å². The Balaban J connectivity index is 1.99. The number of aromatic nitrogens is 3. The summed E-state index contributed by atoms with van der Waals surface area (Å²) in [5.74, 6) is -0.0871. The van der Waals surface area contributed by atoms with Crippen molar-refractivity contribution in [2.75, 3.05) is 25.6 Å². The first-order valence-electron chi connectivity index (χ1n) is 9.26. The molecule has 0 radical (unpaired) electrons. The summed E-state index contributed by atoms with van der Waals surface area (Å²) >= 11 is 0.